The van der Waals surface area contributed by atoms with Gasteiger partial charge in [-0.1, -0.05) is 49.4 Å². The van der Waals surface area contributed by atoms with Crippen LogP contribution in [0.2, 0.25) is 0 Å². The molecule has 6 heteroatoms. The van der Waals surface area contributed by atoms with E-state index in [-0.39, 0.29) is 22.8 Å². The lowest BCUT2D eigenvalue weighted by Crippen LogP contribution is -2.30. The molecule has 146 valence electrons. The number of carbonyl (C=O) groups excluding carboxylic acids is 1. The maximum Gasteiger partial charge on any atom is 0.238 e. The number of hydrogen-bond donors (Lipinski definition) is 1. The molecule has 5 nitrogen and oxygen atoms in total. The first-order valence-electron chi connectivity index (χ1n) is 9.11. The molecule has 27 heavy (non-hydrogen) atoms. The average molecular weight is 389 g/mol. The third-order valence-electron chi connectivity index (χ3n) is 4.96. The van der Waals surface area contributed by atoms with Crippen LogP contribution in [0.3, 0.4) is 0 Å². The summed E-state index contributed by atoms with van der Waals surface area (Å²) >= 11 is 0. The number of nitrogens with two attached hydrogens (primary N) is 1. The Hall–Kier alpha value is -2.18. The second-order valence-electron chi connectivity index (χ2n) is 7.13. The van der Waals surface area contributed by atoms with Gasteiger partial charge in [-0.2, -0.15) is 0 Å². The van der Waals surface area contributed by atoms with Crippen LogP contribution in [-0.2, 0) is 21.2 Å². The van der Waals surface area contributed by atoms with Gasteiger partial charge in [-0.3, -0.25) is 4.79 Å². The van der Waals surface area contributed by atoms with Crippen LogP contribution < -0.4 is 5.14 Å². The quantitative estimate of drug-likeness (QED) is 0.751. The van der Waals surface area contributed by atoms with Crippen molar-refractivity contribution in [1.82, 2.24) is 4.90 Å². The van der Waals surface area contributed by atoms with Gasteiger partial charge in [0.2, 0.25) is 15.9 Å². The van der Waals surface area contributed by atoms with Crippen molar-refractivity contribution >= 4 is 15.9 Å². The molecule has 0 aliphatic carbocycles. The van der Waals surface area contributed by atoms with Gasteiger partial charge < -0.3 is 4.90 Å². The Balaban J connectivity index is 1.91. The molecule has 2 unspecified atom stereocenters. The zero-order valence-electron chi connectivity index (χ0n) is 16.1. The highest BCUT2D eigenvalue weighted by atomic mass is 32.2. The lowest BCUT2D eigenvalue weighted by Gasteiger charge is -2.27. The SMILES string of the molecule is CC(CCc1ccccc1)CC(=O)N(C)C(C)c1ccc(S(N)(=O)=O)cc1. The Bertz CT molecular complexity index is 849. The van der Waals surface area contributed by atoms with Crippen LogP contribution in [0, 0.1) is 5.92 Å². The van der Waals surface area contributed by atoms with Gasteiger partial charge >= 0.3 is 0 Å². The Morgan fingerprint density at radius 3 is 2.19 bits per heavy atom. The minimum absolute atomic E-state index is 0.0713. The van der Waals surface area contributed by atoms with Crippen LogP contribution in [0.1, 0.15) is 43.9 Å². The minimum atomic E-state index is -3.71. The van der Waals surface area contributed by atoms with Gasteiger partial charge in [-0.15, -0.1) is 0 Å². The Morgan fingerprint density at radius 2 is 1.63 bits per heavy atom. The Kier molecular flexibility index (Phi) is 7.16. The van der Waals surface area contributed by atoms with E-state index in [4.69, 9.17) is 5.14 Å². The van der Waals surface area contributed by atoms with E-state index in [1.54, 1.807) is 24.1 Å². The number of benzene rings is 2. The van der Waals surface area contributed by atoms with E-state index in [1.165, 1.54) is 17.7 Å². The zero-order valence-corrected chi connectivity index (χ0v) is 16.9. The number of amides is 1. The molecule has 0 fully saturated rings. The zero-order chi connectivity index (χ0) is 20.0. The first-order valence-corrected chi connectivity index (χ1v) is 10.7. The van der Waals surface area contributed by atoms with Crippen LogP contribution in [0.5, 0.6) is 0 Å². The number of hydrogen-bond acceptors (Lipinski definition) is 3. The summed E-state index contributed by atoms with van der Waals surface area (Å²) in [6.07, 6.45) is 2.41. The van der Waals surface area contributed by atoms with E-state index >= 15 is 0 Å². The second kappa shape index (κ2) is 9.15. The van der Waals surface area contributed by atoms with Crippen LogP contribution in [0.25, 0.3) is 0 Å². The maximum absolute atomic E-state index is 12.6. The smallest absolute Gasteiger partial charge is 0.238 e. The minimum Gasteiger partial charge on any atom is -0.339 e. The molecule has 0 saturated heterocycles. The fourth-order valence-corrected chi connectivity index (χ4v) is 3.49. The Labute approximate surface area is 162 Å². The summed E-state index contributed by atoms with van der Waals surface area (Å²) < 4.78 is 22.7. The molecule has 0 heterocycles. The van der Waals surface area contributed by atoms with Gasteiger partial charge in [-0.05, 0) is 48.9 Å². The maximum atomic E-state index is 12.6. The molecule has 0 aromatic heterocycles. The summed E-state index contributed by atoms with van der Waals surface area (Å²) in [5.41, 5.74) is 2.16. The number of aryl methyl sites for hydroxylation is 1. The fourth-order valence-electron chi connectivity index (χ4n) is 2.98. The average Bonchev–Trinajstić information content (AvgIpc) is 2.65. The van der Waals surface area contributed by atoms with Gasteiger partial charge in [0.25, 0.3) is 0 Å². The van der Waals surface area contributed by atoms with Crippen molar-refractivity contribution in [2.45, 2.75) is 44.0 Å². The molecular formula is C21H28N2O3S. The van der Waals surface area contributed by atoms with Crippen LogP contribution in [0.4, 0.5) is 0 Å². The highest BCUT2D eigenvalue weighted by Gasteiger charge is 2.20. The number of sulfonamides is 1. The highest BCUT2D eigenvalue weighted by Crippen LogP contribution is 2.23. The van der Waals surface area contributed by atoms with Gasteiger partial charge in [0.1, 0.15) is 0 Å². The second-order valence-corrected chi connectivity index (χ2v) is 8.69. The molecule has 0 bridgehead atoms. The number of nitrogens with zero attached hydrogens (tertiary/aromatic N) is 1. The van der Waals surface area contributed by atoms with Gasteiger partial charge in [-0.25, -0.2) is 13.6 Å². The molecular weight excluding hydrogens is 360 g/mol. The summed E-state index contributed by atoms with van der Waals surface area (Å²) in [6.45, 7) is 4.03. The van der Waals surface area contributed by atoms with Crippen LogP contribution in [-0.4, -0.2) is 26.3 Å². The highest BCUT2D eigenvalue weighted by molar-refractivity contribution is 7.89. The lowest BCUT2D eigenvalue weighted by molar-refractivity contribution is -0.132. The van der Waals surface area contributed by atoms with Crippen molar-refractivity contribution in [3.63, 3.8) is 0 Å². The molecule has 2 N–H and O–H groups in total. The van der Waals surface area contributed by atoms with Gasteiger partial charge in [0, 0.05) is 13.5 Å². The normalized spacial score (nSPS) is 13.8. The number of rotatable bonds is 8. The third-order valence-corrected chi connectivity index (χ3v) is 5.89. The summed E-state index contributed by atoms with van der Waals surface area (Å²) in [4.78, 5) is 14.4. The predicted molar refractivity (Wildman–Crippen MR) is 108 cm³/mol. The van der Waals surface area contributed by atoms with E-state index in [0.717, 1.165) is 18.4 Å². The lowest BCUT2D eigenvalue weighted by atomic mass is 9.97. The van der Waals surface area contributed by atoms with Crippen LogP contribution in [0.15, 0.2) is 59.5 Å². The van der Waals surface area contributed by atoms with Crippen LogP contribution >= 0.6 is 0 Å². The molecule has 2 aromatic rings. The summed E-state index contributed by atoms with van der Waals surface area (Å²) in [5.74, 6) is 0.371. The van der Waals surface area contributed by atoms with Crippen molar-refractivity contribution in [3.8, 4) is 0 Å². The van der Waals surface area contributed by atoms with Gasteiger partial charge in [0.15, 0.2) is 0 Å². The van der Waals surface area contributed by atoms with Crippen molar-refractivity contribution in [3.05, 3.63) is 65.7 Å². The number of primary sulfonamides is 1. The molecule has 2 rings (SSSR count). The van der Waals surface area contributed by atoms with E-state index < -0.39 is 10.0 Å². The molecule has 2 atom stereocenters. The summed E-state index contributed by atoms with van der Waals surface area (Å²) in [5, 5.41) is 5.12. The summed E-state index contributed by atoms with van der Waals surface area (Å²) in [7, 11) is -1.93. The van der Waals surface area contributed by atoms with E-state index in [0.29, 0.717) is 6.42 Å². The fraction of sp³-hybridized carbons (Fsp3) is 0.381. The van der Waals surface area contributed by atoms with Crippen molar-refractivity contribution < 1.29 is 13.2 Å². The first-order chi connectivity index (χ1) is 12.7. The predicted octanol–water partition coefficient (Wildman–Crippen LogP) is 3.51. The summed E-state index contributed by atoms with van der Waals surface area (Å²) in [6, 6.07) is 16.5. The number of carbonyl (C=O) groups is 1. The largest absolute Gasteiger partial charge is 0.339 e. The molecule has 0 aliphatic heterocycles. The van der Waals surface area contributed by atoms with Crippen molar-refractivity contribution in [1.29, 1.82) is 0 Å². The van der Waals surface area contributed by atoms with Gasteiger partial charge in [0.05, 0.1) is 10.9 Å². The molecule has 2 aromatic carbocycles. The third kappa shape index (κ3) is 6.19. The molecule has 0 radical (unpaired) electrons. The molecule has 0 aliphatic rings. The molecule has 0 saturated carbocycles. The standard InChI is InChI=1S/C21H28N2O3S/c1-16(9-10-18-7-5-4-6-8-18)15-21(24)23(3)17(2)19-11-13-20(14-12-19)27(22,25)26/h4-8,11-14,16-17H,9-10,15H2,1-3H3,(H2,22,25,26). The van der Waals surface area contributed by atoms with E-state index in [2.05, 4.69) is 19.1 Å². The van der Waals surface area contributed by atoms with Crippen molar-refractivity contribution in [2.75, 3.05) is 7.05 Å². The van der Waals surface area contributed by atoms with Crippen molar-refractivity contribution in [2.24, 2.45) is 11.1 Å². The molecule has 1 amide bonds. The van der Waals surface area contributed by atoms with E-state index in [1.807, 2.05) is 25.1 Å². The van der Waals surface area contributed by atoms with E-state index in [9.17, 15) is 13.2 Å². The Morgan fingerprint density at radius 1 is 1.04 bits per heavy atom. The topological polar surface area (TPSA) is 80.5 Å². The molecule has 0 spiro atoms. The first kappa shape index (κ1) is 21.1. The monoisotopic (exact) mass is 388 g/mol.